The Morgan fingerprint density at radius 1 is 1.33 bits per heavy atom. The largest absolute Gasteiger partial charge is 0.316 e. The lowest BCUT2D eigenvalue weighted by atomic mass is 9.90. The number of aryl methyl sites for hydroxylation is 1. The van der Waals surface area contributed by atoms with Crippen LogP contribution in [0.3, 0.4) is 0 Å². The number of likely N-dealkylation sites (N-methyl/N-ethyl adjacent to an activating group) is 1. The maximum absolute atomic E-state index is 13.2. The molecule has 0 heterocycles. The maximum atomic E-state index is 13.2. The van der Waals surface area contributed by atoms with Crippen molar-refractivity contribution < 1.29 is 4.39 Å². The fourth-order valence-corrected chi connectivity index (χ4v) is 2.69. The number of benzene rings is 1. The molecule has 1 aromatic carbocycles. The van der Waals surface area contributed by atoms with E-state index in [1.165, 1.54) is 30.4 Å². The molecular formula is C13H18FN. The third kappa shape index (κ3) is 2.05. The first kappa shape index (κ1) is 10.6. The highest BCUT2D eigenvalue weighted by Gasteiger charge is 2.28. The minimum Gasteiger partial charge on any atom is -0.316 e. The highest BCUT2D eigenvalue weighted by Crippen LogP contribution is 2.36. The van der Waals surface area contributed by atoms with Gasteiger partial charge in [0.05, 0.1) is 0 Å². The van der Waals surface area contributed by atoms with Gasteiger partial charge >= 0.3 is 0 Å². The van der Waals surface area contributed by atoms with Crippen LogP contribution in [0.4, 0.5) is 4.39 Å². The summed E-state index contributed by atoms with van der Waals surface area (Å²) in [5, 5.41) is 3.34. The zero-order valence-electron chi connectivity index (χ0n) is 9.39. The summed E-state index contributed by atoms with van der Waals surface area (Å²) in [4.78, 5) is 0. The van der Waals surface area contributed by atoms with E-state index in [9.17, 15) is 4.39 Å². The van der Waals surface area contributed by atoms with E-state index in [0.29, 0.717) is 12.0 Å². The molecule has 0 amide bonds. The van der Waals surface area contributed by atoms with Gasteiger partial charge in [-0.2, -0.15) is 0 Å². The van der Waals surface area contributed by atoms with Crippen LogP contribution >= 0.6 is 0 Å². The first-order valence-electron chi connectivity index (χ1n) is 5.65. The molecule has 0 aromatic heterocycles. The molecule has 1 aromatic rings. The van der Waals surface area contributed by atoms with Crippen LogP contribution in [0.2, 0.25) is 0 Å². The summed E-state index contributed by atoms with van der Waals surface area (Å²) in [5.74, 6) is 0.378. The molecule has 1 N–H and O–H groups in total. The fourth-order valence-electron chi connectivity index (χ4n) is 2.69. The van der Waals surface area contributed by atoms with Crippen LogP contribution in [0.25, 0.3) is 0 Å². The third-order valence-electron chi connectivity index (χ3n) is 3.53. The molecule has 1 nitrogen and oxygen atoms in total. The van der Waals surface area contributed by atoms with E-state index in [1.54, 1.807) is 12.1 Å². The molecule has 1 saturated carbocycles. The number of rotatable bonds is 2. The molecule has 2 unspecified atom stereocenters. The van der Waals surface area contributed by atoms with Crippen molar-refractivity contribution in [2.24, 2.45) is 0 Å². The smallest absolute Gasteiger partial charge is 0.123 e. The van der Waals surface area contributed by atoms with E-state index in [1.807, 2.05) is 13.1 Å². The first-order valence-corrected chi connectivity index (χ1v) is 5.65. The van der Waals surface area contributed by atoms with Crippen LogP contribution < -0.4 is 5.32 Å². The number of hydrogen-bond donors (Lipinski definition) is 1. The molecule has 1 fully saturated rings. The number of halogens is 1. The Hall–Kier alpha value is -0.890. The van der Waals surface area contributed by atoms with E-state index in [2.05, 4.69) is 12.2 Å². The average Bonchev–Trinajstić information content (AvgIpc) is 2.69. The predicted octanol–water partition coefficient (Wildman–Crippen LogP) is 2.99. The Labute approximate surface area is 90.7 Å². The summed E-state index contributed by atoms with van der Waals surface area (Å²) in [7, 11) is 2.00. The van der Waals surface area contributed by atoms with Crippen LogP contribution in [0.15, 0.2) is 18.2 Å². The normalized spacial score (nSPS) is 25.8. The van der Waals surface area contributed by atoms with Gasteiger partial charge in [0.25, 0.3) is 0 Å². The first-order chi connectivity index (χ1) is 7.22. The van der Waals surface area contributed by atoms with Crippen LogP contribution in [0.1, 0.15) is 36.3 Å². The quantitative estimate of drug-likeness (QED) is 0.786. The van der Waals surface area contributed by atoms with E-state index in [4.69, 9.17) is 0 Å². The monoisotopic (exact) mass is 207 g/mol. The fraction of sp³-hybridized carbons (Fsp3) is 0.538. The van der Waals surface area contributed by atoms with Gasteiger partial charge in [0.15, 0.2) is 0 Å². The van der Waals surface area contributed by atoms with E-state index in [0.717, 1.165) is 0 Å². The van der Waals surface area contributed by atoms with Crippen LogP contribution in [0, 0.1) is 12.7 Å². The van der Waals surface area contributed by atoms with Crippen molar-refractivity contribution >= 4 is 0 Å². The molecule has 1 aliphatic rings. The van der Waals surface area contributed by atoms with Crippen molar-refractivity contribution in [3.8, 4) is 0 Å². The van der Waals surface area contributed by atoms with Gasteiger partial charge in [0, 0.05) is 6.04 Å². The van der Waals surface area contributed by atoms with E-state index in [-0.39, 0.29) is 5.82 Å². The molecule has 0 spiro atoms. The van der Waals surface area contributed by atoms with E-state index < -0.39 is 0 Å². The second kappa shape index (κ2) is 4.31. The van der Waals surface area contributed by atoms with Gasteiger partial charge in [-0.25, -0.2) is 4.39 Å². The molecule has 0 bridgehead atoms. The van der Waals surface area contributed by atoms with Crippen molar-refractivity contribution in [3.05, 3.63) is 35.1 Å². The SMILES string of the molecule is CNC1CCCC1c1cc(F)ccc1C. The number of nitrogens with one attached hydrogen (secondary N) is 1. The van der Waals surface area contributed by atoms with Crippen molar-refractivity contribution in [2.75, 3.05) is 7.05 Å². The Bertz CT molecular complexity index is 348. The van der Waals surface area contributed by atoms with Crippen molar-refractivity contribution in [1.82, 2.24) is 5.32 Å². The molecule has 0 radical (unpaired) electrons. The van der Waals surface area contributed by atoms with Gasteiger partial charge in [0.1, 0.15) is 5.82 Å². The van der Waals surface area contributed by atoms with Gasteiger partial charge in [-0.05, 0) is 56.0 Å². The molecule has 1 aliphatic carbocycles. The van der Waals surface area contributed by atoms with Gasteiger partial charge in [-0.15, -0.1) is 0 Å². The lowest BCUT2D eigenvalue weighted by Gasteiger charge is -2.21. The van der Waals surface area contributed by atoms with Crippen LogP contribution in [0.5, 0.6) is 0 Å². The summed E-state index contributed by atoms with van der Waals surface area (Å²) < 4.78 is 13.2. The Balaban J connectivity index is 2.31. The lowest BCUT2D eigenvalue weighted by molar-refractivity contribution is 0.517. The third-order valence-corrected chi connectivity index (χ3v) is 3.53. The van der Waals surface area contributed by atoms with Gasteiger partial charge in [0.2, 0.25) is 0 Å². The molecule has 0 aliphatic heterocycles. The summed E-state index contributed by atoms with van der Waals surface area (Å²) in [6, 6.07) is 5.65. The summed E-state index contributed by atoms with van der Waals surface area (Å²) >= 11 is 0. The average molecular weight is 207 g/mol. The topological polar surface area (TPSA) is 12.0 Å². The van der Waals surface area contributed by atoms with Crippen molar-refractivity contribution in [1.29, 1.82) is 0 Å². The van der Waals surface area contributed by atoms with Gasteiger partial charge < -0.3 is 5.32 Å². The number of hydrogen-bond acceptors (Lipinski definition) is 1. The Kier molecular flexibility index (Phi) is 3.06. The molecule has 15 heavy (non-hydrogen) atoms. The Morgan fingerprint density at radius 2 is 2.13 bits per heavy atom. The molecule has 82 valence electrons. The molecule has 2 atom stereocenters. The highest BCUT2D eigenvalue weighted by atomic mass is 19.1. The second-order valence-corrected chi connectivity index (χ2v) is 4.43. The highest BCUT2D eigenvalue weighted by molar-refractivity contribution is 5.31. The predicted molar refractivity (Wildman–Crippen MR) is 60.6 cm³/mol. The molecular weight excluding hydrogens is 189 g/mol. The summed E-state index contributed by atoms with van der Waals surface area (Å²) in [5.41, 5.74) is 2.40. The maximum Gasteiger partial charge on any atom is 0.123 e. The van der Waals surface area contributed by atoms with Crippen molar-refractivity contribution in [3.63, 3.8) is 0 Å². The zero-order valence-corrected chi connectivity index (χ0v) is 9.39. The lowest BCUT2D eigenvalue weighted by Crippen LogP contribution is -2.27. The standard InChI is InChI=1S/C13H18FN/c1-9-6-7-10(14)8-12(9)11-4-3-5-13(11)15-2/h6-8,11,13,15H,3-5H2,1-2H3. The summed E-state index contributed by atoms with van der Waals surface area (Å²) in [6.45, 7) is 2.07. The van der Waals surface area contributed by atoms with Crippen LogP contribution in [-0.2, 0) is 0 Å². The summed E-state index contributed by atoms with van der Waals surface area (Å²) in [6.07, 6.45) is 3.62. The molecule has 2 rings (SSSR count). The minimum atomic E-state index is -0.114. The second-order valence-electron chi connectivity index (χ2n) is 4.43. The van der Waals surface area contributed by atoms with Crippen LogP contribution in [-0.4, -0.2) is 13.1 Å². The molecule has 2 heteroatoms. The van der Waals surface area contributed by atoms with Crippen molar-refractivity contribution in [2.45, 2.75) is 38.1 Å². The molecule has 0 saturated heterocycles. The minimum absolute atomic E-state index is 0.114. The van der Waals surface area contributed by atoms with E-state index >= 15 is 0 Å². The van der Waals surface area contributed by atoms with Gasteiger partial charge in [-0.3, -0.25) is 0 Å². The van der Waals surface area contributed by atoms with Gasteiger partial charge in [-0.1, -0.05) is 12.5 Å². The zero-order chi connectivity index (χ0) is 10.8. The Morgan fingerprint density at radius 3 is 2.87 bits per heavy atom.